The lowest BCUT2D eigenvalue weighted by Crippen LogP contribution is -2.37. The fourth-order valence-corrected chi connectivity index (χ4v) is 1.27. The van der Waals surface area contributed by atoms with E-state index in [0.717, 1.165) is 0 Å². The summed E-state index contributed by atoms with van der Waals surface area (Å²) in [6, 6.07) is 2.74. The van der Waals surface area contributed by atoms with Crippen molar-refractivity contribution in [1.82, 2.24) is 10.4 Å². The molecule has 0 aromatic carbocycles. The van der Waals surface area contributed by atoms with E-state index in [0.29, 0.717) is 18.9 Å². The molecule has 0 aliphatic carbocycles. The van der Waals surface area contributed by atoms with Crippen molar-refractivity contribution in [3.05, 3.63) is 28.0 Å². The van der Waals surface area contributed by atoms with Crippen molar-refractivity contribution in [2.75, 3.05) is 13.2 Å². The van der Waals surface area contributed by atoms with Gasteiger partial charge >= 0.3 is 12.0 Å². The molecular formula is C8H9N3O5. The summed E-state index contributed by atoms with van der Waals surface area (Å²) in [6.07, 6.45) is -0.457. The van der Waals surface area contributed by atoms with Gasteiger partial charge in [0.15, 0.2) is 0 Å². The molecule has 2 heterocycles. The summed E-state index contributed by atoms with van der Waals surface area (Å²) in [5, 5.41) is 11.6. The zero-order valence-electron chi connectivity index (χ0n) is 8.21. The zero-order chi connectivity index (χ0) is 11.5. The molecule has 0 atom stereocenters. The number of hydrazine groups is 1. The van der Waals surface area contributed by atoms with E-state index < -0.39 is 11.0 Å². The smallest absolute Gasteiger partial charge is 0.433 e. The summed E-state index contributed by atoms with van der Waals surface area (Å²) in [6.45, 7) is 0.981. The highest BCUT2D eigenvalue weighted by Gasteiger charge is 2.22. The van der Waals surface area contributed by atoms with Gasteiger partial charge < -0.3 is 9.15 Å². The topological polar surface area (TPSA) is 97.8 Å². The summed E-state index contributed by atoms with van der Waals surface area (Å²) in [4.78, 5) is 20.7. The minimum Gasteiger partial charge on any atom is -0.447 e. The minimum absolute atomic E-state index is 0.197. The van der Waals surface area contributed by atoms with Gasteiger partial charge in [0.25, 0.3) is 0 Å². The number of cyclic esters (lactones) is 1. The molecule has 1 aliphatic rings. The van der Waals surface area contributed by atoms with Crippen molar-refractivity contribution in [1.29, 1.82) is 0 Å². The van der Waals surface area contributed by atoms with E-state index in [1.54, 1.807) is 0 Å². The Morgan fingerprint density at radius 3 is 2.94 bits per heavy atom. The molecule has 1 N–H and O–H groups in total. The summed E-state index contributed by atoms with van der Waals surface area (Å²) in [5.74, 6) is 0.0622. The predicted molar refractivity (Wildman–Crippen MR) is 50.3 cm³/mol. The van der Waals surface area contributed by atoms with Crippen LogP contribution in [0.1, 0.15) is 5.76 Å². The van der Waals surface area contributed by atoms with Crippen LogP contribution in [-0.4, -0.2) is 29.2 Å². The van der Waals surface area contributed by atoms with Crippen molar-refractivity contribution in [2.45, 2.75) is 6.54 Å². The molecule has 16 heavy (non-hydrogen) atoms. The molecule has 86 valence electrons. The van der Waals surface area contributed by atoms with Crippen LogP contribution in [0.5, 0.6) is 0 Å². The van der Waals surface area contributed by atoms with E-state index in [4.69, 9.17) is 4.42 Å². The first-order valence-electron chi connectivity index (χ1n) is 4.58. The van der Waals surface area contributed by atoms with E-state index in [-0.39, 0.29) is 12.4 Å². The molecule has 0 unspecified atom stereocenters. The number of carbonyl (C=O) groups is 1. The van der Waals surface area contributed by atoms with Crippen LogP contribution in [0, 0.1) is 10.1 Å². The van der Waals surface area contributed by atoms with Gasteiger partial charge in [-0.2, -0.15) is 0 Å². The monoisotopic (exact) mass is 227 g/mol. The number of hydrogen-bond acceptors (Lipinski definition) is 6. The third-order valence-electron chi connectivity index (χ3n) is 2.03. The number of ether oxygens (including phenoxy) is 1. The van der Waals surface area contributed by atoms with Crippen molar-refractivity contribution in [3.8, 4) is 0 Å². The third kappa shape index (κ3) is 2.11. The van der Waals surface area contributed by atoms with Crippen molar-refractivity contribution in [2.24, 2.45) is 0 Å². The third-order valence-corrected chi connectivity index (χ3v) is 2.03. The van der Waals surface area contributed by atoms with Gasteiger partial charge in [-0.15, -0.1) is 0 Å². The van der Waals surface area contributed by atoms with Crippen molar-refractivity contribution >= 4 is 12.0 Å². The van der Waals surface area contributed by atoms with Gasteiger partial charge in [0.1, 0.15) is 17.3 Å². The normalized spacial score (nSPS) is 15.2. The molecule has 0 saturated carbocycles. The largest absolute Gasteiger partial charge is 0.447 e. The number of nitrogens with one attached hydrogen (secondary N) is 1. The molecule has 2 rings (SSSR count). The Morgan fingerprint density at radius 2 is 2.38 bits per heavy atom. The summed E-state index contributed by atoms with van der Waals surface area (Å²) < 4.78 is 9.58. The molecule has 1 fully saturated rings. The van der Waals surface area contributed by atoms with Gasteiger partial charge in [0, 0.05) is 0 Å². The number of rotatable bonds is 4. The highest BCUT2D eigenvalue weighted by atomic mass is 16.6. The van der Waals surface area contributed by atoms with Crippen LogP contribution >= 0.6 is 0 Å². The van der Waals surface area contributed by atoms with Crippen molar-refractivity contribution < 1.29 is 18.9 Å². The second-order valence-electron chi connectivity index (χ2n) is 3.10. The Labute approximate surface area is 89.9 Å². The van der Waals surface area contributed by atoms with Crippen molar-refractivity contribution in [3.63, 3.8) is 0 Å². The first kappa shape index (κ1) is 10.4. The van der Waals surface area contributed by atoms with E-state index in [1.165, 1.54) is 17.1 Å². The Balaban J connectivity index is 1.89. The quantitative estimate of drug-likeness (QED) is 0.598. The molecule has 0 bridgehead atoms. The summed E-state index contributed by atoms with van der Waals surface area (Å²) in [5.41, 5.74) is 2.74. The number of amides is 1. The fourth-order valence-electron chi connectivity index (χ4n) is 1.27. The number of carbonyl (C=O) groups excluding carboxylic acids is 1. The van der Waals surface area contributed by atoms with Gasteiger partial charge in [-0.05, 0) is 6.07 Å². The molecule has 1 aliphatic heterocycles. The molecule has 8 nitrogen and oxygen atoms in total. The molecular weight excluding hydrogens is 218 g/mol. The van der Waals surface area contributed by atoms with Gasteiger partial charge in [-0.25, -0.2) is 15.2 Å². The number of nitrogens with zero attached hydrogens (tertiary/aromatic N) is 2. The van der Waals surface area contributed by atoms with Gasteiger partial charge in [-0.3, -0.25) is 10.1 Å². The Hall–Kier alpha value is -2.09. The SMILES string of the molecule is O=C1OCCN1NCc1ccc([N+](=O)[O-])o1. The van der Waals surface area contributed by atoms with Crippen LogP contribution in [0.25, 0.3) is 0 Å². The van der Waals surface area contributed by atoms with Gasteiger partial charge in [0.2, 0.25) is 0 Å². The molecule has 0 spiro atoms. The van der Waals surface area contributed by atoms with E-state index in [2.05, 4.69) is 10.2 Å². The lowest BCUT2D eigenvalue weighted by Gasteiger charge is -2.12. The predicted octanol–water partition coefficient (Wildman–Crippen LogP) is 0.645. The summed E-state index contributed by atoms with van der Waals surface area (Å²) in [7, 11) is 0. The average Bonchev–Trinajstić information content (AvgIpc) is 2.83. The molecule has 1 saturated heterocycles. The number of hydrogen-bond donors (Lipinski definition) is 1. The molecule has 8 heteroatoms. The molecule has 1 aromatic rings. The highest BCUT2D eigenvalue weighted by Crippen LogP contribution is 2.15. The Morgan fingerprint density at radius 1 is 1.56 bits per heavy atom. The van der Waals surface area contributed by atoms with Crippen LogP contribution in [-0.2, 0) is 11.3 Å². The number of furan rings is 1. The van der Waals surface area contributed by atoms with Crippen LogP contribution in [0.15, 0.2) is 16.5 Å². The van der Waals surface area contributed by atoms with Crippen LogP contribution < -0.4 is 5.43 Å². The second kappa shape index (κ2) is 4.19. The van der Waals surface area contributed by atoms with E-state index in [9.17, 15) is 14.9 Å². The van der Waals surface area contributed by atoms with Crippen LogP contribution in [0.2, 0.25) is 0 Å². The fraction of sp³-hybridized carbons (Fsp3) is 0.375. The van der Waals surface area contributed by atoms with E-state index in [1.807, 2.05) is 0 Å². The van der Waals surface area contributed by atoms with Gasteiger partial charge in [0.05, 0.1) is 19.2 Å². The first-order chi connectivity index (χ1) is 7.66. The average molecular weight is 227 g/mol. The molecule has 1 aromatic heterocycles. The maximum absolute atomic E-state index is 11.0. The standard InChI is InChI=1S/C8H9N3O5/c12-8-10(3-4-15-8)9-5-6-1-2-7(16-6)11(13)14/h1-2,9H,3-5H2. The lowest BCUT2D eigenvalue weighted by molar-refractivity contribution is -0.402. The maximum atomic E-state index is 11.0. The lowest BCUT2D eigenvalue weighted by atomic mass is 10.4. The second-order valence-corrected chi connectivity index (χ2v) is 3.10. The van der Waals surface area contributed by atoms with E-state index >= 15 is 0 Å². The highest BCUT2D eigenvalue weighted by molar-refractivity contribution is 5.68. The molecule has 1 amide bonds. The van der Waals surface area contributed by atoms with Gasteiger partial charge in [-0.1, -0.05) is 0 Å². The first-order valence-corrected chi connectivity index (χ1v) is 4.58. The summed E-state index contributed by atoms with van der Waals surface area (Å²) >= 11 is 0. The number of nitro groups is 1. The maximum Gasteiger partial charge on any atom is 0.433 e. The van der Waals surface area contributed by atoms with Crippen LogP contribution in [0.3, 0.4) is 0 Å². The zero-order valence-corrected chi connectivity index (χ0v) is 8.21. The molecule has 0 radical (unpaired) electrons. The minimum atomic E-state index is -0.617. The Kier molecular flexibility index (Phi) is 2.73. The Bertz CT molecular complexity index is 416. The van der Waals surface area contributed by atoms with Crippen LogP contribution in [0.4, 0.5) is 10.7 Å².